The van der Waals surface area contributed by atoms with Crippen LogP contribution in [0.4, 0.5) is 0 Å². The summed E-state index contributed by atoms with van der Waals surface area (Å²) in [6.07, 6.45) is 0. The van der Waals surface area contributed by atoms with Gasteiger partial charge in [-0.1, -0.05) is 48.0 Å². The van der Waals surface area contributed by atoms with Gasteiger partial charge in [-0.15, -0.1) is 0 Å². The summed E-state index contributed by atoms with van der Waals surface area (Å²) in [7, 11) is -1.73. The quantitative estimate of drug-likeness (QED) is 0.318. The molecule has 0 aliphatic heterocycles. The molecule has 7 nitrogen and oxygen atoms in total. The Bertz CT molecular complexity index is 838. The SMILES string of the molecule is CN=C(NCCOc1ccc(C)cc1)NCCS(=O)(=O)NCc1ccccc1. The van der Waals surface area contributed by atoms with Gasteiger partial charge < -0.3 is 15.4 Å². The first-order valence-electron chi connectivity index (χ1n) is 9.14. The predicted octanol–water partition coefficient (Wildman–Crippen LogP) is 1.66. The van der Waals surface area contributed by atoms with Crippen molar-refractivity contribution in [1.82, 2.24) is 15.4 Å². The van der Waals surface area contributed by atoms with Crippen molar-refractivity contribution in [3.63, 3.8) is 0 Å². The fourth-order valence-electron chi connectivity index (χ4n) is 2.36. The monoisotopic (exact) mass is 404 g/mol. The van der Waals surface area contributed by atoms with Gasteiger partial charge in [-0.25, -0.2) is 13.1 Å². The third kappa shape index (κ3) is 8.41. The molecule has 3 N–H and O–H groups in total. The maximum atomic E-state index is 12.1. The van der Waals surface area contributed by atoms with Crippen molar-refractivity contribution < 1.29 is 13.2 Å². The van der Waals surface area contributed by atoms with Crippen molar-refractivity contribution >= 4 is 16.0 Å². The molecule has 0 saturated carbocycles. The lowest BCUT2D eigenvalue weighted by Crippen LogP contribution is -2.42. The number of aryl methyl sites for hydroxylation is 1. The standard InChI is InChI=1S/C20H28N4O3S/c1-17-8-10-19(11-9-17)27-14-12-22-20(21-2)23-13-15-28(25,26)24-16-18-6-4-3-5-7-18/h3-11,24H,12-16H2,1-2H3,(H2,21,22,23). The Kier molecular flexibility index (Phi) is 8.77. The number of aliphatic imine (C=N–C) groups is 1. The minimum atomic E-state index is -3.37. The zero-order chi connectivity index (χ0) is 20.2. The minimum Gasteiger partial charge on any atom is -0.492 e. The Labute approximate surface area is 167 Å². The molecule has 2 rings (SSSR count). The molecule has 8 heteroatoms. The molecule has 0 amide bonds. The van der Waals surface area contributed by atoms with Crippen molar-refractivity contribution in [3.8, 4) is 5.75 Å². The van der Waals surface area contributed by atoms with Crippen molar-refractivity contribution in [2.45, 2.75) is 13.5 Å². The first-order valence-corrected chi connectivity index (χ1v) is 10.8. The van der Waals surface area contributed by atoms with Gasteiger partial charge >= 0.3 is 0 Å². The number of nitrogens with zero attached hydrogens (tertiary/aromatic N) is 1. The second-order valence-electron chi connectivity index (χ2n) is 6.21. The van der Waals surface area contributed by atoms with Gasteiger partial charge in [0, 0.05) is 20.1 Å². The summed E-state index contributed by atoms with van der Waals surface area (Å²) in [5.41, 5.74) is 2.10. The molecule has 2 aromatic carbocycles. The molecule has 0 fully saturated rings. The van der Waals surface area contributed by atoms with Crippen molar-refractivity contribution in [2.24, 2.45) is 4.99 Å². The maximum absolute atomic E-state index is 12.1. The molecule has 152 valence electrons. The highest BCUT2D eigenvalue weighted by Crippen LogP contribution is 2.10. The Balaban J connectivity index is 1.63. The van der Waals surface area contributed by atoms with Crippen molar-refractivity contribution in [2.75, 3.05) is 32.5 Å². The number of hydrogen-bond acceptors (Lipinski definition) is 4. The Hall–Kier alpha value is -2.58. The van der Waals surface area contributed by atoms with E-state index < -0.39 is 10.0 Å². The molecule has 0 saturated heterocycles. The number of nitrogens with one attached hydrogen (secondary N) is 3. The van der Waals surface area contributed by atoms with Crippen LogP contribution in [0.15, 0.2) is 59.6 Å². The summed E-state index contributed by atoms with van der Waals surface area (Å²) in [6, 6.07) is 17.3. The molecule has 0 heterocycles. The first kappa shape index (κ1) is 21.7. The second-order valence-corrected chi connectivity index (χ2v) is 8.14. The highest BCUT2D eigenvalue weighted by Gasteiger charge is 2.10. The van der Waals surface area contributed by atoms with E-state index in [-0.39, 0.29) is 18.8 Å². The van der Waals surface area contributed by atoms with Crippen LogP contribution < -0.4 is 20.1 Å². The Morgan fingerprint density at radius 1 is 1.00 bits per heavy atom. The fourth-order valence-corrected chi connectivity index (χ4v) is 3.26. The van der Waals surface area contributed by atoms with E-state index in [4.69, 9.17) is 4.74 Å². The van der Waals surface area contributed by atoms with Crippen molar-refractivity contribution in [3.05, 3.63) is 65.7 Å². The van der Waals surface area contributed by atoms with Crippen LogP contribution in [0, 0.1) is 6.92 Å². The van der Waals surface area contributed by atoms with Crippen LogP contribution >= 0.6 is 0 Å². The summed E-state index contributed by atoms with van der Waals surface area (Å²) < 4.78 is 32.4. The fraction of sp³-hybridized carbons (Fsp3) is 0.350. The average Bonchev–Trinajstić information content (AvgIpc) is 2.70. The number of guanidine groups is 1. The van der Waals surface area contributed by atoms with Gasteiger partial charge in [-0.3, -0.25) is 4.99 Å². The van der Waals surface area contributed by atoms with E-state index in [1.165, 1.54) is 5.56 Å². The lowest BCUT2D eigenvalue weighted by Gasteiger charge is -2.13. The van der Waals surface area contributed by atoms with Crippen molar-refractivity contribution in [1.29, 1.82) is 0 Å². The van der Waals surface area contributed by atoms with E-state index in [1.807, 2.05) is 61.5 Å². The highest BCUT2D eigenvalue weighted by molar-refractivity contribution is 7.89. The molecular formula is C20H28N4O3S. The Morgan fingerprint density at radius 3 is 2.36 bits per heavy atom. The van der Waals surface area contributed by atoms with Crippen LogP contribution in [-0.2, 0) is 16.6 Å². The third-order valence-corrected chi connectivity index (χ3v) is 5.24. The molecular weight excluding hydrogens is 376 g/mol. The highest BCUT2D eigenvalue weighted by atomic mass is 32.2. The Morgan fingerprint density at radius 2 is 1.68 bits per heavy atom. The number of ether oxygens (including phenoxy) is 1. The van der Waals surface area contributed by atoms with Gasteiger partial charge in [0.1, 0.15) is 12.4 Å². The molecule has 0 unspecified atom stereocenters. The van der Waals surface area contributed by atoms with Crippen LogP contribution in [-0.4, -0.2) is 46.9 Å². The number of benzene rings is 2. The van der Waals surface area contributed by atoms with E-state index in [0.717, 1.165) is 11.3 Å². The van der Waals surface area contributed by atoms with Crippen LogP contribution in [0.3, 0.4) is 0 Å². The summed E-state index contributed by atoms with van der Waals surface area (Å²) in [5.74, 6) is 1.30. The number of rotatable bonds is 10. The van der Waals surface area contributed by atoms with Gasteiger partial charge in [0.15, 0.2) is 5.96 Å². The maximum Gasteiger partial charge on any atom is 0.213 e. The normalized spacial score (nSPS) is 11.9. The second kappa shape index (κ2) is 11.3. The van der Waals surface area contributed by atoms with Gasteiger partial charge in [0.25, 0.3) is 0 Å². The van der Waals surface area contributed by atoms with E-state index in [9.17, 15) is 8.42 Å². The number of sulfonamides is 1. The van der Waals surface area contributed by atoms with Gasteiger partial charge in [0.05, 0.1) is 12.3 Å². The van der Waals surface area contributed by atoms with Crippen LogP contribution in [0.2, 0.25) is 0 Å². The molecule has 0 bridgehead atoms. The van der Waals surface area contributed by atoms with Gasteiger partial charge in [-0.05, 0) is 24.6 Å². The molecule has 0 spiro atoms. The van der Waals surface area contributed by atoms with E-state index in [2.05, 4.69) is 20.3 Å². The summed E-state index contributed by atoms with van der Waals surface area (Å²) in [4.78, 5) is 4.08. The molecule has 0 atom stereocenters. The molecule has 28 heavy (non-hydrogen) atoms. The lowest BCUT2D eigenvalue weighted by molar-refractivity contribution is 0.322. The molecule has 0 aliphatic carbocycles. The van der Waals surface area contributed by atoms with Gasteiger partial charge in [0.2, 0.25) is 10.0 Å². The third-order valence-electron chi connectivity index (χ3n) is 3.91. The smallest absolute Gasteiger partial charge is 0.213 e. The summed E-state index contributed by atoms with van der Waals surface area (Å²) >= 11 is 0. The summed E-state index contributed by atoms with van der Waals surface area (Å²) in [5, 5.41) is 6.09. The average molecular weight is 405 g/mol. The topological polar surface area (TPSA) is 91.8 Å². The van der Waals surface area contributed by atoms with E-state index in [1.54, 1.807) is 7.05 Å². The molecule has 0 aliphatic rings. The largest absolute Gasteiger partial charge is 0.492 e. The van der Waals surface area contributed by atoms with E-state index >= 15 is 0 Å². The summed E-state index contributed by atoms with van der Waals surface area (Å²) in [6.45, 7) is 3.58. The zero-order valence-corrected chi connectivity index (χ0v) is 17.1. The van der Waals surface area contributed by atoms with Gasteiger partial charge in [-0.2, -0.15) is 0 Å². The van der Waals surface area contributed by atoms with E-state index in [0.29, 0.717) is 19.1 Å². The molecule has 2 aromatic rings. The molecule has 0 aromatic heterocycles. The minimum absolute atomic E-state index is 0.0413. The van der Waals surface area contributed by atoms with Crippen LogP contribution in [0.1, 0.15) is 11.1 Å². The first-order chi connectivity index (χ1) is 13.5. The van der Waals surface area contributed by atoms with Crippen LogP contribution in [0.5, 0.6) is 5.75 Å². The van der Waals surface area contributed by atoms with Crippen LogP contribution in [0.25, 0.3) is 0 Å². The molecule has 0 radical (unpaired) electrons. The lowest BCUT2D eigenvalue weighted by atomic mass is 10.2. The predicted molar refractivity (Wildman–Crippen MR) is 113 cm³/mol. The zero-order valence-electron chi connectivity index (χ0n) is 16.3. The number of hydrogen-bond donors (Lipinski definition) is 3.